The summed E-state index contributed by atoms with van der Waals surface area (Å²) >= 11 is 0. The van der Waals surface area contributed by atoms with Crippen molar-refractivity contribution in [2.24, 2.45) is 5.92 Å². The van der Waals surface area contributed by atoms with Gasteiger partial charge in [0.1, 0.15) is 12.4 Å². The number of amides is 2. The number of piperidine rings is 1. The minimum Gasteiger partial charge on any atom is -0.492 e. The molecule has 0 atom stereocenters. The molecule has 1 fully saturated rings. The highest BCUT2D eigenvalue weighted by Gasteiger charge is 2.22. The number of hydrogen-bond acceptors (Lipinski definition) is 3. The molecule has 1 aromatic rings. The van der Waals surface area contributed by atoms with E-state index >= 15 is 0 Å². The Labute approximate surface area is 152 Å². The van der Waals surface area contributed by atoms with Crippen LogP contribution in [0.3, 0.4) is 0 Å². The average molecular weight is 348 g/mol. The molecule has 1 saturated heterocycles. The Morgan fingerprint density at radius 1 is 1.20 bits per heavy atom. The molecule has 2 amide bonds. The van der Waals surface area contributed by atoms with Gasteiger partial charge in [0.15, 0.2) is 0 Å². The molecule has 1 N–H and O–H groups in total. The van der Waals surface area contributed by atoms with Crippen LogP contribution >= 0.6 is 0 Å². The fourth-order valence-corrected chi connectivity index (χ4v) is 3.32. The molecule has 1 heterocycles. The van der Waals surface area contributed by atoms with E-state index in [1.807, 2.05) is 17.0 Å². The summed E-state index contributed by atoms with van der Waals surface area (Å²) in [5.41, 5.74) is 2.38. The fourth-order valence-electron chi connectivity index (χ4n) is 3.32. The van der Waals surface area contributed by atoms with E-state index in [0.29, 0.717) is 13.2 Å². The highest BCUT2D eigenvalue weighted by molar-refractivity contribution is 5.74. The molecule has 0 aromatic heterocycles. The molecule has 0 bridgehead atoms. The van der Waals surface area contributed by atoms with Crippen LogP contribution < -0.4 is 10.1 Å². The number of ether oxygens (including phenoxy) is 1. The van der Waals surface area contributed by atoms with Crippen LogP contribution in [0, 0.1) is 19.8 Å². The topological polar surface area (TPSA) is 44.8 Å². The van der Waals surface area contributed by atoms with Crippen molar-refractivity contribution in [3.63, 3.8) is 0 Å². The van der Waals surface area contributed by atoms with Gasteiger partial charge < -0.3 is 19.9 Å². The Morgan fingerprint density at radius 3 is 2.44 bits per heavy atom. The van der Waals surface area contributed by atoms with Crippen LogP contribution in [0.25, 0.3) is 0 Å². The maximum Gasteiger partial charge on any atom is 0.317 e. The maximum atomic E-state index is 12.2. The average Bonchev–Trinajstić information content (AvgIpc) is 2.56. The molecular weight excluding hydrogens is 314 g/mol. The molecule has 5 heteroatoms. The Hall–Kier alpha value is -1.75. The van der Waals surface area contributed by atoms with Crippen molar-refractivity contribution >= 4 is 6.03 Å². The van der Waals surface area contributed by atoms with Gasteiger partial charge in [-0.25, -0.2) is 4.79 Å². The molecular formula is C20H33N3O2. The molecule has 0 radical (unpaired) electrons. The zero-order valence-electron chi connectivity index (χ0n) is 16.2. The van der Waals surface area contributed by atoms with Crippen LogP contribution in [0.2, 0.25) is 0 Å². The minimum absolute atomic E-state index is 0.0371. The lowest BCUT2D eigenvalue weighted by molar-refractivity contribution is 0.163. The van der Waals surface area contributed by atoms with Crippen LogP contribution in [0.15, 0.2) is 18.2 Å². The molecule has 0 aliphatic carbocycles. The van der Waals surface area contributed by atoms with Crippen molar-refractivity contribution in [1.82, 2.24) is 15.1 Å². The summed E-state index contributed by atoms with van der Waals surface area (Å²) in [5, 5.41) is 2.97. The summed E-state index contributed by atoms with van der Waals surface area (Å²) in [6.07, 6.45) is 3.45. The van der Waals surface area contributed by atoms with E-state index in [2.05, 4.69) is 44.2 Å². The van der Waals surface area contributed by atoms with Gasteiger partial charge in [-0.05, 0) is 82.9 Å². The number of urea groups is 1. The largest absolute Gasteiger partial charge is 0.492 e. The van der Waals surface area contributed by atoms with Crippen molar-refractivity contribution in [3.05, 3.63) is 29.3 Å². The van der Waals surface area contributed by atoms with Crippen molar-refractivity contribution in [2.45, 2.75) is 33.1 Å². The Balaban J connectivity index is 1.62. The maximum absolute atomic E-state index is 12.2. The number of nitrogens with zero attached hydrogens (tertiary/aromatic N) is 2. The van der Waals surface area contributed by atoms with Crippen molar-refractivity contribution < 1.29 is 9.53 Å². The van der Waals surface area contributed by atoms with Gasteiger partial charge in [-0.3, -0.25) is 0 Å². The highest BCUT2D eigenvalue weighted by atomic mass is 16.5. The normalized spacial score (nSPS) is 15.5. The first-order valence-electron chi connectivity index (χ1n) is 9.32. The highest BCUT2D eigenvalue weighted by Crippen LogP contribution is 2.20. The first-order valence-corrected chi connectivity index (χ1v) is 9.32. The lowest BCUT2D eigenvalue weighted by atomic mass is 9.93. The van der Waals surface area contributed by atoms with E-state index in [0.717, 1.165) is 44.1 Å². The summed E-state index contributed by atoms with van der Waals surface area (Å²) < 4.78 is 5.74. The predicted octanol–water partition coefficient (Wildman–Crippen LogP) is 3.06. The lowest BCUT2D eigenvalue weighted by Gasteiger charge is -2.32. The monoisotopic (exact) mass is 347 g/mol. The first-order chi connectivity index (χ1) is 11.9. The summed E-state index contributed by atoms with van der Waals surface area (Å²) in [6.45, 7) is 8.00. The number of likely N-dealkylation sites (tertiary alicyclic amines) is 1. The zero-order valence-corrected chi connectivity index (χ0v) is 16.2. The summed E-state index contributed by atoms with van der Waals surface area (Å²) in [6, 6.07) is 6.20. The van der Waals surface area contributed by atoms with Gasteiger partial charge in [-0.15, -0.1) is 0 Å². The standard InChI is InChI=1S/C20H33N3O2/c1-16-13-17(2)15-19(14-16)25-12-8-21-20(24)23-10-6-18(7-11-23)5-9-22(3)4/h13-15,18H,5-12H2,1-4H3,(H,21,24). The molecule has 0 spiro atoms. The van der Waals surface area contributed by atoms with Crippen molar-refractivity contribution in [2.75, 3.05) is 46.9 Å². The van der Waals surface area contributed by atoms with Crippen molar-refractivity contribution in [1.29, 1.82) is 0 Å². The molecule has 1 aromatic carbocycles. The Morgan fingerprint density at radius 2 is 1.84 bits per heavy atom. The van der Waals surface area contributed by atoms with Crippen LogP contribution in [0.5, 0.6) is 5.75 Å². The quantitative estimate of drug-likeness (QED) is 0.771. The number of benzene rings is 1. The number of hydrogen-bond donors (Lipinski definition) is 1. The second kappa shape index (κ2) is 9.66. The van der Waals surface area contributed by atoms with Gasteiger partial charge in [0.2, 0.25) is 0 Å². The predicted molar refractivity (Wildman–Crippen MR) is 102 cm³/mol. The van der Waals surface area contributed by atoms with Crippen molar-refractivity contribution in [3.8, 4) is 5.75 Å². The van der Waals surface area contributed by atoms with E-state index in [1.54, 1.807) is 0 Å². The second-order valence-corrected chi connectivity index (χ2v) is 7.43. The molecule has 140 valence electrons. The van der Waals surface area contributed by atoms with Gasteiger partial charge in [-0.2, -0.15) is 0 Å². The number of carbonyl (C=O) groups excluding carboxylic acids is 1. The van der Waals surface area contributed by atoms with Crippen LogP contribution in [-0.2, 0) is 0 Å². The second-order valence-electron chi connectivity index (χ2n) is 7.43. The molecule has 2 rings (SSSR count). The van der Waals surface area contributed by atoms with Crippen LogP contribution in [-0.4, -0.2) is 62.7 Å². The van der Waals surface area contributed by atoms with Gasteiger partial charge in [-0.1, -0.05) is 6.07 Å². The van der Waals surface area contributed by atoms with E-state index in [9.17, 15) is 4.79 Å². The van der Waals surface area contributed by atoms with E-state index in [-0.39, 0.29) is 6.03 Å². The first kappa shape index (κ1) is 19.6. The third kappa shape index (κ3) is 6.94. The third-order valence-corrected chi connectivity index (χ3v) is 4.73. The lowest BCUT2D eigenvalue weighted by Crippen LogP contribution is -2.45. The van der Waals surface area contributed by atoms with E-state index in [4.69, 9.17) is 4.74 Å². The van der Waals surface area contributed by atoms with Crippen LogP contribution in [0.1, 0.15) is 30.4 Å². The van der Waals surface area contributed by atoms with E-state index < -0.39 is 0 Å². The summed E-state index contributed by atoms with van der Waals surface area (Å²) in [7, 11) is 4.23. The summed E-state index contributed by atoms with van der Waals surface area (Å²) in [5.74, 6) is 1.62. The number of rotatable bonds is 7. The number of aryl methyl sites for hydroxylation is 2. The Kier molecular flexibility index (Phi) is 7.56. The molecule has 25 heavy (non-hydrogen) atoms. The smallest absolute Gasteiger partial charge is 0.317 e. The number of carbonyl (C=O) groups is 1. The SMILES string of the molecule is Cc1cc(C)cc(OCCNC(=O)N2CCC(CCN(C)C)CC2)c1. The van der Waals surface area contributed by atoms with Gasteiger partial charge in [0.25, 0.3) is 0 Å². The van der Waals surface area contributed by atoms with E-state index in [1.165, 1.54) is 17.5 Å². The zero-order chi connectivity index (χ0) is 18.2. The Bertz CT molecular complexity index is 532. The molecule has 0 saturated carbocycles. The third-order valence-electron chi connectivity index (χ3n) is 4.73. The van der Waals surface area contributed by atoms with Crippen LogP contribution in [0.4, 0.5) is 4.79 Å². The molecule has 5 nitrogen and oxygen atoms in total. The summed E-state index contributed by atoms with van der Waals surface area (Å²) in [4.78, 5) is 16.4. The minimum atomic E-state index is 0.0371. The van der Waals surface area contributed by atoms with Gasteiger partial charge in [0.05, 0.1) is 6.54 Å². The molecule has 1 aliphatic heterocycles. The molecule has 0 unspecified atom stereocenters. The van der Waals surface area contributed by atoms with Gasteiger partial charge >= 0.3 is 6.03 Å². The number of nitrogens with one attached hydrogen (secondary N) is 1. The fraction of sp³-hybridized carbons (Fsp3) is 0.650. The molecule has 1 aliphatic rings. The van der Waals surface area contributed by atoms with Gasteiger partial charge in [0, 0.05) is 13.1 Å².